The summed E-state index contributed by atoms with van der Waals surface area (Å²) in [5.74, 6) is -0.250. The standard InChI is InChI=1S/C18H17N3O2S2/c1-10-8-13(9-16-17(23)20-18(24)25-16)11(2)21(10)15-6-4-14(5-7-15)19-12(3)22/h4-9H,1-3H3,(H,19,22)(H,20,23,24)/b16-9-. The normalized spacial score (nSPS) is 15.6. The minimum Gasteiger partial charge on any atom is -0.326 e. The van der Waals surface area contributed by atoms with E-state index in [2.05, 4.69) is 15.2 Å². The zero-order chi connectivity index (χ0) is 18.1. The van der Waals surface area contributed by atoms with Gasteiger partial charge in [-0.25, -0.2) is 0 Å². The Bertz CT molecular complexity index is 911. The maximum Gasteiger partial charge on any atom is 0.263 e. The maximum atomic E-state index is 11.9. The first-order valence-electron chi connectivity index (χ1n) is 7.67. The third-order valence-electron chi connectivity index (χ3n) is 3.84. The van der Waals surface area contributed by atoms with E-state index in [1.54, 1.807) is 0 Å². The molecule has 0 saturated carbocycles. The van der Waals surface area contributed by atoms with Crippen molar-refractivity contribution in [3.8, 4) is 5.69 Å². The predicted octanol–water partition coefficient (Wildman–Crippen LogP) is 3.54. The molecule has 5 nitrogen and oxygen atoms in total. The zero-order valence-corrected chi connectivity index (χ0v) is 15.7. The van der Waals surface area contributed by atoms with Gasteiger partial charge in [0.1, 0.15) is 4.32 Å². The van der Waals surface area contributed by atoms with Gasteiger partial charge in [-0.05, 0) is 55.8 Å². The van der Waals surface area contributed by atoms with Crippen molar-refractivity contribution in [2.45, 2.75) is 20.8 Å². The monoisotopic (exact) mass is 371 g/mol. The number of hydrogen-bond donors (Lipinski definition) is 2. The van der Waals surface area contributed by atoms with Gasteiger partial charge < -0.3 is 15.2 Å². The van der Waals surface area contributed by atoms with E-state index in [0.717, 1.165) is 28.3 Å². The van der Waals surface area contributed by atoms with Crippen LogP contribution in [-0.2, 0) is 9.59 Å². The number of nitrogens with one attached hydrogen (secondary N) is 2. The van der Waals surface area contributed by atoms with Gasteiger partial charge in [-0.15, -0.1) is 0 Å². The van der Waals surface area contributed by atoms with Gasteiger partial charge in [-0.1, -0.05) is 24.0 Å². The van der Waals surface area contributed by atoms with E-state index in [0.29, 0.717) is 9.23 Å². The molecule has 1 fully saturated rings. The number of benzene rings is 1. The van der Waals surface area contributed by atoms with Gasteiger partial charge in [0, 0.05) is 29.7 Å². The number of rotatable bonds is 3. The van der Waals surface area contributed by atoms with Crippen LogP contribution in [0.15, 0.2) is 35.2 Å². The van der Waals surface area contributed by atoms with Crippen molar-refractivity contribution in [1.82, 2.24) is 9.88 Å². The molecule has 0 aliphatic carbocycles. The van der Waals surface area contributed by atoms with E-state index in [1.807, 2.05) is 50.3 Å². The Hall–Kier alpha value is -2.38. The molecule has 0 unspecified atom stereocenters. The van der Waals surface area contributed by atoms with Gasteiger partial charge in [-0.2, -0.15) is 0 Å². The SMILES string of the molecule is CC(=O)Nc1ccc(-n2c(C)cc(/C=C3\SC(=S)NC3=O)c2C)cc1. The van der Waals surface area contributed by atoms with Crippen LogP contribution >= 0.6 is 24.0 Å². The molecule has 1 aromatic carbocycles. The smallest absolute Gasteiger partial charge is 0.263 e. The second-order valence-electron chi connectivity index (χ2n) is 5.74. The lowest BCUT2D eigenvalue weighted by Gasteiger charge is -2.11. The Kier molecular flexibility index (Phi) is 4.78. The second kappa shape index (κ2) is 6.85. The van der Waals surface area contributed by atoms with E-state index in [-0.39, 0.29) is 11.8 Å². The number of thiocarbonyl (C=S) groups is 1. The van der Waals surface area contributed by atoms with Gasteiger partial charge in [0.15, 0.2) is 0 Å². The fourth-order valence-corrected chi connectivity index (χ4v) is 3.83. The molecule has 128 valence electrons. The molecule has 25 heavy (non-hydrogen) atoms. The molecule has 1 saturated heterocycles. The molecule has 1 aliphatic heterocycles. The van der Waals surface area contributed by atoms with E-state index < -0.39 is 0 Å². The summed E-state index contributed by atoms with van der Waals surface area (Å²) in [6.07, 6.45) is 1.86. The molecule has 0 radical (unpaired) electrons. The van der Waals surface area contributed by atoms with Gasteiger partial charge in [0.2, 0.25) is 5.91 Å². The molecule has 2 N–H and O–H groups in total. The Balaban J connectivity index is 1.95. The van der Waals surface area contributed by atoms with Crippen LogP contribution in [0.2, 0.25) is 0 Å². The molecule has 2 amide bonds. The Morgan fingerprint density at radius 3 is 2.52 bits per heavy atom. The van der Waals surface area contributed by atoms with Crippen molar-refractivity contribution in [2.75, 3.05) is 5.32 Å². The predicted molar refractivity (Wildman–Crippen MR) is 106 cm³/mol. The number of thioether (sulfide) groups is 1. The van der Waals surface area contributed by atoms with E-state index in [1.165, 1.54) is 18.7 Å². The van der Waals surface area contributed by atoms with Crippen LogP contribution in [0, 0.1) is 13.8 Å². The summed E-state index contributed by atoms with van der Waals surface area (Å²) in [6, 6.07) is 9.68. The average molecular weight is 371 g/mol. The Morgan fingerprint density at radius 1 is 1.28 bits per heavy atom. The fraction of sp³-hybridized carbons (Fsp3) is 0.167. The number of carbonyl (C=O) groups excluding carboxylic acids is 2. The number of nitrogens with zero attached hydrogens (tertiary/aromatic N) is 1. The second-order valence-corrected chi connectivity index (χ2v) is 7.46. The first-order valence-corrected chi connectivity index (χ1v) is 8.89. The number of anilines is 1. The minimum atomic E-state index is -0.153. The molecular formula is C18H17N3O2S2. The van der Waals surface area contributed by atoms with Crippen LogP contribution in [0.5, 0.6) is 0 Å². The van der Waals surface area contributed by atoms with Gasteiger partial charge >= 0.3 is 0 Å². The van der Waals surface area contributed by atoms with Crippen molar-refractivity contribution < 1.29 is 9.59 Å². The van der Waals surface area contributed by atoms with E-state index >= 15 is 0 Å². The molecular weight excluding hydrogens is 354 g/mol. The summed E-state index contributed by atoms with van der Waals surface area (Å²) in [5, 5.41) is 5.39. The summed E-state index contributed by atoms with van der Waals surface area (Å²) < 4.78 is 2.60. The van der Waals surface area contributed by atoms with E-state index in [4.69, 9.17) is 12.2 Å². The van der Waals surface area contributed by atoms with Crippen molar-refractivity contribution in [3.05, 3.63) is 52.2 Å². The molecule has 0 atom stereocenters. The molecule has 1 aliphatic rings. The lowest BCUT2D eigenvalue weighted by Crippen LogP contribution is -2.17. The molecule has 0 bridgehead atoms. The van der Waals surface area contributed by atoms with Crippen LogP contribution in [-0.4, -0.2) is 20.7 Å². The highest BCUT2D eigenvalue weighted by Crippen LogP contribution is 2.29. The highest BCUT2D eigenvalue weighted by Gasteiger charge is 2.23. The number of aromatic nitrogens is 1. The Morgan fingerprint density at radius 2 is 1.96 bits per heavy atom. The van der Waals surface area contributed by atoms with Gasteiger partial charge in [0.25, 0.3) is 5.91 Å². The lowest BCUT2D eigenvalue weighted by atomic mass is 10.2. The first-order chi connectivity index (χ1) is 11.8. The van der Waals surface area contributed by atoms with Gasteiger partial charge in [-0.3, -0.25) is 9.59 Å². The van der Waals surface area contributed by atoms with Crippen molar-refractivity contribution >= 4 is 51.9 Å². The minimum absolute atomic E-state index is 0.0970. The van der Waals surface area contributed by atoms with Crippen LogP contribution in [0.3, 0.4) is 0 Å². The molecule has 2 heterocycles. The van der Waals surface area contributed by atoms with Crippen molar-refractivity contribution in [1.29, 1.82) is 0 Å². The highest BCUT2D eigenvalue weighted by atomic mass is 32.2. The third kappa shape index (κ3) is 3.67. The third-order valence-corrected chi connectivity index (χ3v) is 5.01. The summed E-state index contributed by atoms with van der Waals surface area (Å²) in [5.41, 5.74) is 4.82. The van der Waals surface area contributed by atoms with Gasteiger partial charge in [0.05, 0.1) is 4.91 Å². The first kappa shape index (κ1) is 17.4. The Labute approximate surface area is 155 Å². The van der Waals surface area contributed by atoms with Crippen LogP contribution < -0.4 is 10.6 Å². The quantitative estimate of drug-likeness (QED) is 0.640. The molecule has 7 heteroatoms. The number of amides is 2. The fourth-order valence-electron chi connectivity index (χ4n) is 2.79. The number of carbonyl (C=O) groups is 2. The van der Waals surface area contributed by atoms with Crippen LogP contribution in [0.25, 0.3) is 11.8 Å². The molecule has 0 spiro atoms. The van der Waals surface area contributed by atoms with Crippen LogP contribution in [0.4, 0.5) is 5.69 Å². The summed E-state index contributed by atoms with van der Waals surface area (Å²) in [6.45, 7) is 5.51. The number of hydrogen-bond acceptors (Lipinski definition) is 4. The average Bonchev–Trinajstić information content (AvgIpc) is 2.99. The highest BCUT2D eigenvalue weighted by molar-refractivity contribution is 8.26. The summed E-state index contributed by atoms with van der Waals surface area (Å²) in [7, 11) is 0. The van der Waals surface area contributed by atoms with Crippen molar-refractivity contribution in [2.24, 2.45) is 0 Å². The largest absolute Gasteiger partial charge is 0.326 e. The maximum absolute atomic E-state index is 11.9. The zero-order valence-electron chi connectivity index (χ0n) is 14.0. The lowest BCUT2D eigenvalue weighted by molar-refractivity contribution is -0.115. The summed E-state index contributed by atoms with van der Waals surface area (Å²) >= 11 is 6.30. The molecule has 2 aromatic rings. The molecule has 1 aromatic heterocycles. The topological polar surface area (TPSA) is 63.1 Å². The van der Waals surface area contributed by atoms with E-state index in [9.17, 15) is 9.59 Å². The van der Waals surface area contributed by atoms with Crippen molar-refractivity contribution in [3.63, 3.8) is 0 Å². The number of aryl methyl sites for hydroxylation is 1. The van der Waals surface area contributed by atoms with Crippen LogP contribution in [0.1, 0.15) is 23.9 Å². The molecule has 3 rings (SSSR count). The summed E-state index contributed by atoms with van der Waals surface area (Å²) in [4.78, 5) is 23.6.